The Bertz CT molecular complexity index is 178. The minimum Gasteiger partial charge on any atom is -0.381 e. The number of hydrogen-bond donors (Lipinski definition) is 1. The summed E-state index contributed by atoms with van der Waals surface area (Å²) < 4.78 is 14.8. The van der Waals surface area contributed by atoms with E-state index in [4.69, 9.17) is 14.2 Å². The Morgan fingerprint density at radius 3 is 2.57 bits per heavy atom. The molecule has 0 atom stereocenters. The second-order valence-corrected chi connectivity index (χ2v) is 3.31. The molecule has 1 aliphatic heterocycles. The highest BCUT2D eigenvalue weighted by Gasteiger charge is 2.21. The average molecular weight is 203 g/mol. The van der Waals surface area contributed by atoms with Gasteiger partial charge in [0.15, 0.2) is 6.29 Å². The number of methoxy groups -OCH3 is 2. The third kappa shape index (κ3) is 3.61. The second kappa shape index (κ2) is 5.95. The number of nitrogens with one attached hydrogen (secondary N) is 1. The standard InChI is InChI=1S/C9H17NO4/c1-12-9(13-2)4-10-8(11)3-7-5-14-6-7/h7,9H,3-6H2,1-2H3,(H,10,11). The smallest absolute Gasteiger partial charge is 0.220 e. The second-order valence-electron chi connectivity index (χ2n) is 3.31. The fourth-order valence-corrected chi connectivity index (χ4v) is 1.20. The Morgan fingerprint density at radius 2 is 2.14 bits per heavy atom. The molecule has 0 aromatic rings. The molecule has 1 N–H and O–H groups in total. The minimum atomic E-state index is -0.364. The van der Waals surface area contributed by atoms with Gasteiger partial charge in [0.05, 0.1) is 19.8 Å². The fraction of sp³-hybridized carbons (Fsp3) is 0.889. The van der Waals surface area contributed by atoms with Crippen LogP contribution in [-0.4, -0.2) is 46.2 Å². The van der Waals surface area contributed by atoms with E-state index in [0.29, 0.717) is 32.1 Å². The summed E-state index contributed by atoms with van der Waals surface area (Å²) in [4.78, 5) is 11.3. The maximum Gasteiger partial charge on any atom is 0.220 e. The summed E-state index contributed by atoms with van der Waals surface area (Å²) in [5.41, 5.74) is 0. The molecule has 82 valence electrons. The van der Waals surface area contributed by atoms with Crippen LogP contribution in [0.4, 0.5) is 0 Å². The first-order valence-electron chi connectivity index (χ1n) is 4.66. The molecule has 1 saturated heterocycles. The van der Waals surface area contributed by atoms with Crippen LogP contribution in [0, 0.1) is 5.92 Å². The van der Waals surface area contributed by atoms with Gasteiger partial charge in [0.2, 0.25) is 5.91 Å². The van der Waals surface area contributed by atoms with Gasteiger partial charge in [0, 0.05) is 26.6 Å². The summed E-state index contributed by atoms with van der Waals surface area (Å²) in [6.45, 7) is 1.79. The van der Waals surface area contributed by atoms with Crippen LogP contribution in [0.15, 0.2) is 0 Å². The van der Waals surface area contributed by atoms with Crippen molar-refractivity contribution in [2.45, 2.75) is 12.7 Å². The van der Waals surface area contributed by atoms with Gasteiger partial charge < -0.3 is 19.5 Å². The maximum atomic E-state index is 11.3. The SMILES string of the molecule is COC(CNC(=O)CC1COC1)OC. The van der Waals surface area contributed by atoms with Gasteiger partial charge in [-0.1, -0.05) is 0 Å². The molecule has 0 spiro atoms. The van der Waals surface area contributed by atoms with Crippen LogP contribution in [0.1, 0.15) is 6.42 Å². The van der Waals surface area contributed by atoms with Crippen molar-refractivity contribution in [3.8, 4) is 0 Å². The molecule has 0 aromatic carbocycles. The van der Waals surface area contributed by atoms with Gasteiger partial charge in [0.25, 0.3) is 0 Å². The van der Waals surface area contributed by atoms with Crippen molar-refractivity contribution in [1.82, 2.24) is 5.32 Å². The molecular formula is C9H17NO4. The predicted octanol–water partition coefficient (Wildman–Crippen LogP) is -0.242. The van der Waals surface area contributed by atoms with E-state index in [0.717, 1.165) is 0 Å². The molecule has 5 heteroatoms. The highest BCUT2D eigenvalue weighted by molar-refractivity contribution is 5.76. The van der Waals surface area contributed by atoms with Crippen LogP contribution >= 0.6 is 0 Å². The molecule has 1 fully saturated rings. The topological polar surface area (TPSA) is 56.8 Å². The zero-order valence-electron chi connectivity index (χ0n) is 8.62. The lowest BCUT2D eigenvalue weighted by Gasteiger charge is -2.25. The number of rotatable bonds is 6. The third-order valence-electron chi connectivity index (χ3n) is 2.17. The summed E-state index contributed by atoms with van der Waals surface area (Å²) in [5, 5.41) is 2.74. The molecule has 0 saturated carbocycles. The van der Waals surface area contributed by atoms with Crippen LogP contribution in [0.5, 0.6) is 0 Å². The molecule has 1 aliphatic rings. The zero-order chi connectivity index (χ0) is 10.4. The Hall–Kier alpha value is -0.650. The molecule has 0 unspecified atom stereocenters. The van der Waals surface area contributed by atoms with Crippen LogP contribution < -0.4 is 5.32 Å². The number of carbonyl (C=O) groups is 1. The molecule has 0 radical (unpaired) electrons. The van der Waals surface area contributed by atoms with Crippen LogP contribution in [0.25, 0.3) is 0 Å². The number of amides is 1. The largest absolute Gasteiger partial charge is 0.381 e. The van der Waals surface area contributed by atoms with Crippen molar-refractivity contribution in [1.29, 1.82) is 0 Å². The van der Waals surface area contributed by atoms with Crippen LogP contribution in [-0.2, 0) is 19.0 Å². The van der Waals surface area contributed by atoms with Crippen molar-refractivity contribution in [3.63, 3.8) is 0 Å². The monoisotopic (exact) mass is 203 g/mol. The van der Waals surface area contributed by atoms with Crippen molar-refractivity contribution in [2.24, 2.45) is 5.92 Å². The summed E-state index contributed by atoms with van der Waals surface area (Å²) >= 11 is 0. The molecule has 1 heterocycles. The van der Waals surface area contributed by atoms with Crippen LogP contribution in [0.3, 0.4) is 0 Å². The third-order valence-corrected chi connectivity index (χ3v) is 2.17. The minimum absolute atomic E-state index is 0.0254. The van der Waals surface area contributed by atoms with Crippen molar-refractivity contribution in [2.75, 3.05) is 34.0 Å². The van der Waals surface area contributed by atoms with Gasteiger partial charge in [-0.3, -0.25) is 4.79 Å². The van der Waals surface area contributed by atoms with E-state index in [1.165, 1.54) is 0 Å². The highest BCUT2D eigenvalue weighted by Crippen LogP contribution is 2.13. The quantitative estimate of drug-likeness (QED) is 0.605. The van der Waals surface area contributed by atoms with Crippen molar-refractivity contribution >= 4 is 5.91 Å². The first kappa shape index (κ1) is 11.4. The van der Waals surface area contributed by atoms with Crippen molar-refractivity contribution in [3.05, 3.63) is 0 Å². The molecule has 1 rings (SSSR count). The Balaban J connectivity index is 2.07. The summed E-state index contributed by atoms with van der Waals surface area (Å²) in [6.07, 6.45) is 0.164. The number of ether oxygens (including phenoxy) is 3. The van der Waals surface area contributed by atoms with Crippen LogP contribution in [0.2, 0.25) is 0 Å². The molecule has 0 bridgehead atoms. The average Bonchev–Trinajstić information content (AvgIpc) is 2.13. The lowest BCUT2D eigenvalue weighted by molar-refractivity contribution is -0.132. The molecule has 5 nitrogen and oxygen atoms in total. The molecule has 14 heavy (non-hydrogen) atoms. The van der Waals surface area contributed by atoms with Gasteiger partial charge in [-0.05, 0) is 0 Å². The van der Waals surface area contributed by atoms with Gasteiger partial charge in [-0.15, -0.1) is 0 Å². The van der Waals surface area contributed by atoms with Gasteiger partial charge >= 0.3 is 0 Å². The number of carbonyl (C=O) groups excluding carboxylic acids is 1. The first-order chi connectivity index (χ1) is 6.76. The maximum absolute atomic E-state index is 11.3. The van der Waals surface area contributed by atoms with E-state index >= 15 is 0 Å². The van der Waals surface area contributed by atoms with E-state index in [1.54, 1.807) is 14.2 Å². The highest BCUT2D eigenvalue weighted by atomic mass is 16.7. The lowest BCUT2D eigenvalue weighted by Crippen LogP contribution is -2.38. The Labute approximate surface area is 83.7 Å². The molecular weight excluding hydrogens is 186 g/mol. The summed E-state index contributed by atoms with van der Waals surface area (Å²) in [5.74, 6) is 0.413. The molecule has 0 aliphatic carbocycles. The van der Waals surface area contributed by atoms with E-state index in [-0.39, 0.29) is 12.2 Å². The Morgan fingerprint density at radius 1 is 1.50 bits per heavy atom. The van der Waals surface area contributed by atoms with Gasteiger partial charge in [0.1, 0.15) is 0 Å². The summed E-state index contributed by atoms with van der Waals surface area (Å²) in [7, 11) is 3.08. The van der Waals surface area contributed by atoms with E-state index in [2.05, 4.69) is 5.32 Å². The van der Waals surface area contributed by atoms with E-state index in [1.807, 2.05) is 0 Å². The van der Waals surface area contributed by atoms with Gasteiger partial charge in [-0.2, -0.15) is 0 Å². The predicted molar refractivity (Wildman–Crippen MR) is 49.7 cm³/mol. The van der Waals surface area contributed by atoms with Gasteiger partial charge in [-0.25, -0.2) is 0 Å². The first-order valence-corrected chi connectivity index (χ1v) is 4.66. The zero-order valence-corrected chi connectivity index (χ0v) is 8.62. The molecule has 0 aromatic heterocycles. The lowest BCUT2D eigenvalue weighted by atomic mass is 10.0. The molecule has 1 amide bonds. The van der Waals surface area contributed by atoms with E-state index < -0.39 is 0 Å². The van der Waals surface area contributed by atoms with E-state index in [9.17, 15) is 4.79 Å². The van der Waals surface area contributed by atoms with Crippen molar-refractivity contribution < 1.29 is 19.0 Å². The summed E-state index contributed by atoms with van der Waals surface area (Å²) in [6, 6.07) is 0. The normalized spacial score (nSPS) is 16.8. The fourth-order valence-electron chi connectivity index (χ4n) is 1.20. The number of hydrogen-bond acceptors (Lipinski definition) is 4. The Kier molecular flexibility index (Phi) is 4.86.